The van der Waals surface area contributed by atoms with Crippen molar-refractivity contribution in [3.8, 4) is 0 Å². The molecule has 110 valence electrons. The molecule has 0 spiro atoms. The number of epoxide rings is 1. The molecule has 0 unspecified atom stereocenters. The summed E-state index contributed by atoms with van der Waals surface area (Å²) in [6.07, 6.45) is -2.49. The highest BCUT2D eigenvalue weighted by Gasteiger charge is 2.48. The molecular formula is C13H22O6. The van der Waals surface area contributed by atoms with Crippen molar-refractivity contribution in [2.45, 2.75) is 56.9 Å². The quantitative estimate of drug-likeness (QED) is 0.444. The minimum atomic E-state index is -1.18. The van der Waals surface area contributed by atoms with E-state index in [0.717, 1.165) is 0 Å². The number of aliphatic hydroxyl groups excluding tert-OH is 3. The van der Waals surface area contributed by atoms with Crippen molar-refractivity contribution in [3.05, 3.63) is 0 Å². The van der Waals surface area contributed by atoms with Gasteiger partial charge in [-0.1, -0.05) is 6.92 Å². The summed E-state index contributed by atoms with van der Waals surface area (Å²) in [5.74, 6) is -0.207. The van der Waals surface area contributed by atoms with Gasteiger partial charge in [0.05, 0.1) is 31.0 Å². The van der Waals surface area contributed by atoms with Gasteiger partial charge in [0, 0.05) is 11.8 Å². The smallest absolute Gasteiger partial charge is 0.151 e. The Morgan fingerprint density at radius 3 is 2.58 bits per heavy atom. The average Bonchev–Trinajstić information content (AvgIpc) is 3.13. The van der Waals surface area contributed by atoms with Crippen LogP contribution in [0, 0.1) is 11.8 Å². The molecule has 2 saturated heterocycles. The number of rotatable bonds is 5. The molecule has 0 aromatic rings. The SMILES string of the molecule is C[C@H]([C@@H]1O[C@H]1C[C@H]1CO[C@@H](C=O)[C@H](O)[C@@H]1O)[C@H](C)O. The molecule has 0 aromatic carbocycles. The lowest BCUT2D eigenvalue weighted by atomic mass is 9.87. The van der Waals surface area contributed by atoms with E-state index in [-0.39, 0.29) is 30.7 Å². The van der Waals surface area contributed by atoms with Crippen LogP contribution in [0.3, 0.4) is 0 Å². The predicted molar refractivity (Wildman–Crippen MR) is 65.4 cm³/mol. The Labute approximate surface area is 112 Å². The lowest BCUT2D eigenvalue weighted by Crippen LogP contribution is -2.51. The van der Waals surface area contributed by atoms with Gasteiger partial charge in [-0.25, -0.2) is 0 Å². The minimum Gasteiger partial charge on any atom is -0.393 e. The third-order valence-corrected chi connectivity index (χ3v) is 4.24. The van der Waals surface area contributed by atoms with Gasteiger partial charge in [0.1, 0.15) is 12.2 Å². The first-order valence-electron chi connectivity index (χ1n) is 6.72. The van der Waals surface area contributed by atoms with Crippen molar-refractivity contribution < 1.29 is 29.6 Å². The van der Waals surface area contributed by atoms with Gasteiger partial charge in [-0.15, -0.1) is 0 Å². The fourth-order valence-corrected chi connectivity index (χ4v) is 2.61. The molecule has 6 heteroatoms. The molecule has 2 fully saturated rings. The van der Waals surface area contributed by atoms with Crippen molar-refractivity contribution in [2.75, 3.05) is 6.61 Å². The third-order valence-electron chi connectivity index (χ3n) is 4.24. The van der Waals surface area contributed by atoms with Gasteiger partial charge in [0.2, 0.25) is 0 Å². The first kappa shape index (κ1) is 14.9. The van der Waals surface area contributed by atoms with Crippen LogP contribution in [0.25, 0.3) is 0 Å². The number of ether oxygens (including phenoxy) is 2. The van der Waals surface area contributed by atoms with E-state index >= 15 is 0 Å². The number of hydrogen-bond acceptors (Lipinski definition) is 6. The highest BCUT2D eigenvalue weighted by Crippen LogP contribution is 2.37. The zero-order chi connectivity index (χ0) is 14.2. The first-order chi connectivity index (χ1) is 8.95. The van der Waals surface area contributed by atoms with E-state index in [1.54, 1.807) is 6.92 Å². The van der Waals surface area contributed by atoms with Gasteiger partial charge in [-0.05, 0) is 13.3 Å². The maximum atomic E-state index is 10.6. The van der Waals surface area contributed by atoms with Crippen molar-refractivity contribution in [3.63, 3.8) is 0 Å². The van der Waals surface area contributed by atoms with E-state index in [2.05, 4.69) is 0 Å². The van der Waals surface area contributed by atoms with Crippen LogP contribution in [0.5, 0.6) is 0 Å². The van der Waals surface area contributed by atoms with Crippen LogP contribution in [-0.2, 0) is 14.3 Å². The fourth-order valence-electron chi connectivity index (χ4n) is 2.61. The van der Waals surface area contributed by atoms with Crippen molar-refractivity contribution >= 4 is 6.29 Å². The van der Waals surface area contributed by atoms with Crippen LogP contribution < -0.4 is 0 Å². The molecule has 6 nitrogen and oxygen atoms in total. The topological polar surface area (TPSA) is 99.5 Å². The maximum Gasteiger partial charge on any atom is 0.151 e. The van der Waals surface area contributed by atoms with Gasteiger partial charge in [-0.3, -0.25) is 0 Å². The molecule has 2 heterocycles. The van der Waals surface area contributed by atoms with Gasteiger partial charge in [0.15, 0.2) is 6.29 Å². The Hall–Kier alpha value is -0.530. The number of aldehydes is 1. The van der Waals surface area contributed by atoms with Gasteiger partial charge >= 0.3 is 0 Å². The van der Waals surface area contributed by atoms with E-state index in [1.165, 1.54) is 0 Å². The van der Waals surface area contributed by atoms with Gasteiger partial charge in [-0.2, -0.15) is 0 Å². The standard InChI is InChI=1S/C13H22O6/c1-6(7(2)15)13-9(19-13)3-8-5-18-10(4-14)12(17)11(8)16/h4,6-13,15-17H,3,5H2,1-2H3/t6-,7-,8-,9-,10-,11+,12-,13-/m0/s1. The van der Waals surface area contributed by atoms with Crippen LogP contribution in [0.1, 0.15) is 20.3 Å². The molecule has 2 aliphatic rings. The molecule has 19 heavy (non-hydrogen) atoms. The second-order valence-corrected chi connectivity index (χ2v) is 5.65. The Morgan fingerprint density at radius 1 is 1.32 bits per heavy atom. The zero-order valence-electron chi connectivity index (χ0n) is 11.2. The Morgan fingerprint density at radius 2 is 2.00 bits per heavy atom. The second-order valence-electron chi connectivity index (χ2n) is 5.65. The van der Waals surface area contributed by atoms with E-state index in [0.29, 0.717) is 12.7 Å². The van der Waals surface area contributed by atoms with Crippen molar-refractivity contribution in [1.82, 2.24) is 0 Å². The molecule has 2 rings (SSSR count). The van der Waals surface area contributed by atoms with E-state index in [4.69, 9.17) is 9.47 Å². The maximum absolute atomic E-state index is 10.6. The Kier molecular flexibility index (Phi) is 4.58. The normalized spacial score (nSPS) is 45.5. The summed E-state index contributed by atoms with van der Waals surface area (Å²) in [7, 11) is 0. The lowest BCUT2D eigenvalue weighted by Gasteiger charge is -2.35. The molecule has 0 amide bonds. The molecule has 0 radical (unpaired) electrons. The number of carbonyl (C=O) groups excluding carboxylic acids is 1. The number of carbonyl (C=O) groups is 1. The van der Waals surface area contributed by atoms with E-state index < -0.39 is 24.4 Å². The summed E-state index contributed by atoms with van der Waals surface area (Å²) in [6, 6.07) is 0. The zero-order valence-corrected chi connectivity index (χ0v) is 11.2. The first-order valence-corrected chi connectivity index (χ1v) is 6.72. The highest BCUT2D eigenvalue weighted by atomic mass is 16.6. The Balaban J connectivity index is 1.83. The summed E-state index contributed by atoms with van der Waals surface area (Å²) in [5.41, 5.74) is 0. The van der Waals surface area contributed by atoms with Crippen LogP contribution in [0.4, 0.5) is 0 Å². The number of aliphatic hydroxyl groups is 3. The summed E-state index contributed by atoms with van der Waals surface area (Å²) in [4.78, 5) is 10.6. The third kappa shape index (κ3) is 3.14. The lowest BCUT2D eigenvalue weighted by molar-refractivity contribution is -0.168. The summed E-state index contributed by atoms with van der Waals surface area (Å²) >= 11 is 0. The summed E-state index contributed by atoms with van der Waals surface area (Å²) in [5, 5.41) is 29.2. The molecule has 0 saturated carbocycles. The highest BCUT2D eigenvalue weighted by molar-refractivity contribution is 5.57. The molecule has 0 aliphatic carbocycles. The molecule has 8 atom stereocenters. The van der Waals surface area contributed by atoms with Gasteiger partial charge < -0.3 is 29.6 Å². The largest absolute Gasteiger partial charge is 0.393 e. The minimum absolute atomic E-state index is 0.00635. The summed E-state index contributed by atoms with van der Waals surface area (Å²) in [6.45, 7) is 3.87. The van der Waals surface area contributed by atoms with Crippen molar-refractivity contribution in [1.29, 1.82) is 0 Å². The fraction of sp³-hybridized carbons (Fsp3) is 0.923. The van der Waals surface area contributed by atoms with Crippen LogP contribution in [0.15, 0.2) is 0 Å². The Bertz CT molecular complexity index is 320. The summed E-state index contributed by atoms with van der Waals surface area (Å²) < 4.78 is 10.7. The number of hydrogen-bond donors (Lipinski definition) is 3. The molecule has 3 N–H and O–H groups in total. The van der Waals surface area contributed by atoms with E-state index in [1.807, 2.05) is 6.92 Å². The monoisotopic (exact) mass is 274 g/mol. The molecule has 0 bridgehead atoms. The van der Waals surface area contributed by atoms with Crippen LogP contribution in [0.2, 0.25) is 0 Å². The average molecular weight is 274 g/mol. The van der Waals surface area contributed by atoms with E-state index in [9.17, 15) is 20.1 Å². The van der Waals surface area contributed by atoms with Crippen molar-refractivity contribution in [2.24, 2.45) is 11.8 Å². The van der Waals surface area contributed by atoms with Gasteiger partial charge in [0.25, 0.3) is 0 Å². The van der Waals surface area contributed by atoms with Crippen LogP contribution in [-0.4, -0.2) is 64.8 Å². The second kappa shape index (κ2) is 5.85. The molecular weight excluding hydrogens is 252 g/mol. The van der Waals surface area contributed by atoms with Crippen LogP contribution >= 0.6 is 0 Å². The molecule has 2 aliphatic heterocycles. The molecule has 0 aromatic heterocycles. The predicted octanol–water partition coefficient (Wildman–Crippen LogP) is -0.903.